The van der Waals surface area contributed by atoms with E-state index in [9.17, 15) is 4.79 Å². The predicted octanol–water partition coefficient (Wildman–Crippen LogP) is 4.73. The number of ketones is 1. The van der Waals surface area contributed by atoms with Gasteiger partial charge in [-0.15, -0.1) is 10.2 Å². The molecule has 11 heteroatoms. The molecule has 0 spiro atoms. The van der Waals surface area contributed by atoms with E-state index in [1.807, 2.05) is 19.3 Å². The number of hydrogen-bond acceptors (Lipinski definition) is 10. The molecule has 1 atom stereocenters. The lowest BCUT2D eigenvalue weighted by molar-refractivity contribution is -0.0677. The Morgan fingerprint density at radius 3 is 2.75 bits per heavy atom. The molecule has 4 aromatic rings. The van der Waals surface area contributed by atoms with Crippen LogP contribution in [0, 0.1) is 0 Å². The van der Waals surface area contributed by atoms with Crippen molar-refractivity contribution >= 4 is 28.8 Å². The third kappa shape index (κ3) is 5.67. The predicted molar refractivity (Wildman–Crippen MR) is 154 cm³/mol. The molecule has 0 saturated carbocycles. The van der Waals surface area contributed by atoms with Crippen molar-refractivity contribution in [1.29, 1.82) is 0 Å². The van der Waals surface area contributed by atoms with Crippen LogP contribution in [0.2, 0.25) is 0 Å². The number of aryl methyl sites for hydroxylation is 1. The lowest BCUT2D eigenvalue weighted by atomic mass is 9.87. The summed E-state index contributed by atoms with van der Waals surface area (Å²) in [4.78, 5) is 25.0. The molecule has 1 unspecified atom stereocenters. The number of rotatable bonds is 7. The van der Waals surface area contributed by atoms with Crippen LogP contribution >= 0.6 is 11.3 Å². The molecule has 6 rings (SSSR count). The van der Waals surface area contributed by atoms with Gasteiger partial charge >= 0.3 is 0 Å². The maximum absolute atomic E-state index is 13.4. The molecule has 0 bridgehead atoms. The van der Waals surface area contributed by atoms with Crippen LogP contribution in [-0.2, 0) is 23.7 Å². The fraction of sp³-hybridized carbons (Fsp3) is 0.448. The zero-order valence-electron chi connectivity index (χ0n) is 23.3. The molecule has 0 aliphatic carbocycles. The average Bonchev–Trinajstić information content (AvgIpc) is 3.51. The van der Waals surface area contributed by atoms with Gasteiger partial charge in [0.1, 0.15) is 5.01 Å². The number of anilines is 2. The van der Waals surface area contributed by atoms with E-state index >= 15 is 0 Å². The molecule has 3 aromatic heterocycles. The highest BCUT2D eigenvalue weighted by molar-refractivity contribution is 7.13. The van der Waals surface area contributed by atoms with Crippen LogP contribution in [0.4, 0.5) is 11.6 Å². The first-order valence-electron chi connectivity index (χ1n) is 13.6. The summed E-state index contributed by atoms with van der Waals surface area (Å²) in [7, 11) is 1.87. The van der Waals surface area contributed by atoms with Crippen molar-refractivity contribution in [3.05, 3.63) is 64.0 Å². The van der Waals surface area contributed by atoms with Crippen LogP contribution in [0.15, 0.2) is 42.9 Å². The Morgan fingerprint density at radius 2 is 2.05 bits per heavy atom. The minimum absolute atomic E-state index is 0.0652. The van der Waals surface area contributed by atoms with E-state index in [-0.39, 0.29) is 17.1 Å². The molecule has 1 saturated heterocycles. The number of aromatic nitrogens is 6. The minimum Gasteiger partial charge on any atom is -0.378 e. The van der Waals surface area contributed by atoms with Crippen molar-refractivity contribution in [2.24, 2.45) is 7.05 Å². The number of fused-ring (bicyclic) bond motifs is 1. The summed E-state index contributed by atoms with van der Waals surface area (Å²) >= 11 is 1.42. The van der Waals surface area contributed by atoms with E-state index in [1.54, 1.807) is 17.1 Å². The lowest BCUT2D eigenvalue weighted by Gasteiger charge is -2.36. The Morgan fingerprint density at radius 1 is 1.20 bits per heavy atom. The average molecular weight is 559 g/mol. The van der Waals surface area contributed by atoms with Crippen molar-refractivity contribution in [1.82, 2.24) is 34.8 Å². The Kier molecular flexibility index (Phi) is 7.20. The number of nitrogens with zero attached hydrogens (tertiary/aromatic N) is 7. The van der Waals surface area contributed by atoms with Crippen LogP contribution in [0.3, 0.4) is 0 Å². The van der Waals surface area contributed by atoms with Gasteiger partial charge < -0.3 is 10.1 Å². The van der Waals surface area contributed by atoms with Crippen molar-refractivity contribution < 1.29 is 9.53 Å². The van der Waals surface area contributed by atoms with Crippen molar-refractivity contribution in [2.75, 3.05) is 25.1 Å². The summed E-state index contributed by atoms with van der Waals surface area (Å²) in [6.07, 6.45) is 6.72. The molecule has 2 aliphatic rings. The molecule has 2 aliphatic heterocycles. The Hall–Kier alpha value is -3.54. The maximum atomic E-state index is 13.4. The fourth-order valence-electron chi connectivity index (χ4n) is 5.18. The third-order valence-electron chi connectivity index (χ3n) is 7.51. The fourth-order valence-corrected chi connectivity index (χ4v) is 6.03. The van der Waals surface area contributed by atoms with E-state index < -0.39 is 0 Å². The first kappa shape index (κ1) is 26.7. The highest BCUT2D eigenvalue weighted by Crippen LogP contribution is 2.36. The van der Waals surface area contributed by atoms with Crippen LogP contribution in [0.1, 0.15) is 65.5 Å². The first-order chi connectivity index (χ1) is 19.2. The smallest absolute Gasteiger partial charge is 0.227 e. The van der Waals surface area contributed by atoms with Crippen LogP contribution < -0.4 is 5.32 Å². The maximum Gasteiger partial charge on any atom is 0.227 e. The highest BCUT2D eigenvalue weighted by atomic mass is 32.1. The largest absolute Gasteiger partial charge is 0.378 e. The molecule has 10 nitrogen and oxygen atoms in total. The van der Waals surface area contributed by atoms with E-state index in [2.05, 4.69) is 69.5 Å². The third-order valence-corrected chi connectivity index (χ3v) is 8.90. The summed E-state index contributed by atoms with van der Waals surface area (Å²) in [6.45, 7) is 9.54. The second kappa shape index (κ2) is 10.8. The molecule has 1 aromatic carbocycles. The Balaban J connectivity index is 1.28. The van der Waals surface area contributed by atoms with Gasteiger partial charge in [-0.1, -0.05) is 44.2 Å². The van der Waals surface area contributed by atoms with Gasteiger partial charge in [-0.3, -0.25) is 14.4 Å². The van der Waals surface area contributed by atoms with Crippen LogP contribution in [0.25, 0.3) is 11.3 Å². The zero-order chi connectivity index (χ0) is 27.9. The van der Waals surface area contributed by atoms with Gasteiger partial charge in [0.25, 0.3) is 0 Å². The van der Waals surface area contributed by atoms with Crippen LogP contribution in [-0.4, -0.2) is 66.4 Å². The lowest BCUT2D eigenvalue weighted by Crippen LogP contribution is -2.48. The minimum atomic E-state index is -0.124. The zero-order valence-corrected chi connectivity index (χ0v) is 24.1. The number of carbonyl (C=O) groups excluding carboxylic acids is 1. The molecular formula is C29H34N8O2S. The normalized spacial score (nSPS) is 18.1. The van der Waals surface area contributed by atoms with Gasteiger partial charge in [-0.2, -0.15) is 5.10 Å². The summed E-state index contributed by atoms with van der Waals surface area (Å²) in [6, 6.07) is 8.85. The second-order valence-electron chi connectivity index (χ2n) is 11.6. The molecule has 1 N–H and O–H groups in total. The van der Waals surface area contributed by atoms with E-state index in [4.69, 9.17) is 9.72 Å². The molecule has 5 heterocycles. The SMILES string of the molecule is Cn1cc(Nc2nccc(-c3ccc4c(c3)CN(C3COC3)CCC4CC(=O)c3nnc(C(C)(C)C)s3)n2)cn1. The number of benzene rings is 1. The standard InChI is InChI=1S/C29H34N8O2S/c1-29(2,3)27-35-34-26(40-27)25(38)12-18-8-10-37(22-16-39-17-22)14-20-11-19(5-6-23(18)20)24-7-9-30-28(33-24)32-21-13-31-36(4)15-21/h5-7,9,11,13,15,18,22H,8,10,12,14,16-17H2,1-4H3,(H,30,32,33). The van der Waals surface area contributed by atoms with Crippen molar-refractivity contribution in [2.45, 2.75) is 57.5 Å². The molecule has 208 valence electrons. The monoisotopic (exact) mass is 558 g/mol. The topological polar surface area (TPSA) is 111 Å². The number of nitrogens with one attached hydrogen (secondary N) is 1. The van der Waals surface area contributed by atoms with E-state index in [1.165, 1.54) is 22.5 Å². The molecule has 0 amide bonds. The van der Waals surface area contributed by atoms with Crippen molar-refractivity contribution in [3.8, 4) is 11.3 Å². The summed E-state index contributed by atoms with van der Waals surface area (Å²) in [5.41, 5.74) is 5.02. The second-order valence-corrected chi connectivity index (χ2v) is 12.6. The molecule has 1 fully saturated rings. The van der Waals surface area contributed by atoms with Gasteiger partial charge in [-0.25, -0.2) is 9.97 Å². The van der Waals surface area contributed by atoms with Gasteiger partial charge in [0, 0.05) is 43.4 Å². The number of hydrogen-bond donors (Lipinski definition) is 1. The highest BCUT2D eigenvalue weighted by Gasteiger charge is 2.32. The van der Waals surface area contributed by atoms with Gasteiger partial charge in [-0.05, 0) is 42.1 Å². The van der Waals surface area contributed by atoms with E-state index in [0.29, 0.717) is 23.4 Å². The quantitative estimate of drug-likeness (QED) is 0.322. The van der Waals surface area contributed by atoms with Gasteiger partial charge in [0.05, 0.1) is 36.8 Å². The molecule has 0 radical (unpaired) electrons. The van der Waals surface area contributed by atoms with Gasteiger partial charge in [0.2, 0.25) is 5.95 Å². The van der Waals surface area contributed by atoms with Gasteiger partial charge in [0.15, 0.2) is 10.8 Å². The Labute approximate surface area is 237 Å². The molecular weight excluding hydrogens is 524 g/mol. The molecule has 40 heavy (non-hydrogen) atoms. The number of Topliss-reactive ketones (excluding diaryl/α,β-unsaturated/α-hetero) is 1. The number of carbonyl (C=O) groups is 1. The number of ether oxygens (including phenoxy) is 1. The summed E-state index contributed by atoms with van der Waals surface area (Å²) in [5.74, 6) is 0.692. The van der Waals surface area contributed by atoms with Crippen molar-refractivity contribution in [3.63, 3.8) is 0 Å². The summed E-state index contributed by atoms with van der Waals surface area (Å²) < 4.78 is 7.24. The van der Waals surface area contributed by atoms with Crippen LogP contribution in [0.5, 0.6) is 0 Å². The first-order valence-corrected chi connectivity index (χ1v) is 14.5. The Bertz CT molecular complexity index is 1520. The summed E-state index contributed by atoms with van der Waals surface area (Å²) in [5, 5.41) is 17.4. The van der Waals surface area contributed by atoms with E-state index in [0.717, 1.165) is 54.7 Å².